The highest BCUT2D eigenvalue weighted by molar-refractivity contribution is 14.1. The van der Waals surface area contributed by atoms with Crippen LogP contribution in [0.2, 0.25) is 0 Å². The van der Waals surface area contributed by atoms with Gasteiger partial charge in [-0.1, -0.05) is 0 Å². The Kier molecular flexibility index (Phi) is 2.38. The molecule has 0 saturated heterocycles. The molecule has 2 heterocycles. The summed E-state index contributed by atoms with van der Waals surface area (Å²) in [5.74, 6) is 0. The predicted octanol–water partition coefficient (Wildman–Crippen LogP) is 2.58. The maximum absolute atomic E-state index is 12.5. The number of halogens is 3. The Morgan fingerprint density at radius 1 is 1.50 bits per heavy atom. The number of hydrogen-bond acceptors (Lipinski definition) is 2. The number of alkyl halides is 2. The lowest BCUT2D eigenvalue weighted by atomic mass is 10.3. The van der Waals surface area contributed by atoms with Crippen LogP contribution in [0.15, 0.2) is 12.3 Å². The van der Waals surface area contributed by atoms with Crippen molar-refractivity contribution in [1.29, 1.82) is 0 Å². The van der Waals surface area contributed by atoms with E-state index in [9.17, 15) is 8.78 Å². The average Bonchev–Trinajstić information content (AvgIpc) is 2.47. The summed E-state index contributed by atoms with van der Waals surface area (Å²) >= 11 is 1.99. The van der Waals surface area contributed by atoms with E-state index < -0.39 is 6.43 Å². The molecule has 2 aromatic heterocycles. The smallest absolute Gasteiger partial charge is 0.222 e. The van der Waals surface area contributed by atoms with E-state index in [1.54, 1.807) is 13.0 Å². The highest BCUT2D eigenvalue weighted by Gasteiger charge is 2.16. The molecule has 0 fully saturated rings. The van der Waals surface area contributed by atoms with Gasteiger partial charge in [0.2, 0.25) is 0 Å². The first kappa shape index (κ1) is 9.75. The van der Waals surface area contributed by atoms with E-state index in [-0.39, 0.29) is 11.2 Å². The Hall–Kier alpha value is -0.790. The molecule has 0 spiro atoms. The maximum atomic E-state index is 12.5. The van der Waals surface area contributed by atoms with E-state index in [0.29, 0.717) is 3.70 Å². The monoisotopic (exact) mass is 309 g/mol. The quantitative estimate of drug-likeness (QED) is 0.599. The minimum absolute atomic E-state index is 0.119. The first-order valence-corrected chi connectivity index (χ1v) is 4.96. The second-order valence-corrected chi connectivity index (χ2v) is 3.96. The SMILES string of the molecule is Cc1cc(I)nc2c(C(F)F)cnn12. The van der Waals surface area contributed by atoms with Crippen LogP contribution in [-0.4, -0.2) is 14.6 Å². The van der Waals surface area contributed by atoms with E-state index in [1.807, 2.05) is 22.6 Å². The van der Waals surface area contributed by atoms with Crippen molar-refractivity contribution in [2.24, 2.45) is 0 Å². The number of rotatable bonds is 1. The van der Waals surface area contributed by atoms with Gasteiger partial charge in [-0.2, -0.15) is 5.10 Å². The number of aryl methyl sites for hydroxylation is 1. The largest absolute Gasteiger partial charge is 0.269 e. The fourth-order valence-corrected chi connectivity index (χ4v) is 1.92. The van der Waals surface area contributed by atoms with Crippen LogP contribution in [0.4, 0.5) is 8.78 Å². The minimum Gasteiger partial charge on any atom is -0.222 e. The topological polar surface area (TPSA) is 30.2 Å². The summed E-state index contributed by atoms with van der Waals surface area (Å²) < 4.78 is 27.1. The molecule has 6 heteroatoms. The van der Waals surface area contributed by atoms with Crippen molar-refractivity contribution in [1.82, 2.24) is 14.6 Å². The molecule has 0 aromatic carbocycles. The summed E-state index contributed by atoms with van der Waals surface area (Å²) in [7, 11) is 0. The third-order valence-corrected chi connectivity index (χ3v) is 2.43. The lowest BCUT2D eigenvalue weighted by Gasteiger charge is -2.00. The standard InChI is InChI=1S/C8H6F2IN3/c1-4-2-6(11)13-8-5(7(9)10)3-12-14(4)8/h2-3,7H,1H3. The lowest BCUT2D eigenvalue weighted by molar-refractivity contribution is 0.153. The van der Waals surface area contributed by atoms with Gasteiger partial charge in [0, 0.05) is 5.69 Å². The van der Waals surface area contributed by atoms with Crippen molar-refractivity contribution in [3.05, 3.63) is 27.2 Å². The molecule has 74 valence electrons. The van der Waals surface area contributed by atoms with Gasteiger partial charge in [-0.3, -0.25) is 0 Å². The fraction of sp³-hybridized carbons (Fsp3) is 0.250. The molecule has 0 aliphatic rings. The molecule has 0 radical (unpaired) electrons. The second kappa shape index (κ2) is 3.41. The Morgan fingerprint density at radius 2 is 2.21 bits per heavy atom. The summed E-state index contributed by atoms with van der Waals surface area (Å²) in [4.78, 5) is 4.02. The van der Waals surface area contributed by atoms with Crippen LogP contribution < -0.4 is 0 Å². The van der Waals surface area contributed by atoms with E-state index >= 15 is 0 Å². The van der Waals surface area contributed by atoms with E-state index in [1.165, 1.54) is 4.52 Å². The van der Waals surface area contributed by atoms with Crippen LogP contribution in [0.25, 0.3) is 5.65 Å². The number of fused-ring (bicyclic) bond motifs is 1. The fourth-order valence-electron chi connectivity index (χ4n) is 1.25. The molecule has 0 unspecified atom stereocenters. The van der Waals surface area contributed by atoms with Gasteiger partial charge in [0.15, 0.2) is 5.65 Å². The zero-order valence-corrected chi connectivity index (χ0v) is 9.37. The number of aromatic nitrogens is 3. The van der Waals surface area contributed by atoms with Gasteiger partial charge in [0.05, 0.1) is 11.8 Å². The van der Waals surface area contributed by atoms with Crippen LogP contribution >= 0.6 is 22.6 Å². The third kappa shape index (κ3) is 1.47. The second-order valence-electron chi connectivity index (χ2n) is 2.86. The molecule has 2 rings (SSSR count). The Balaban J connectivity index is 2.78. The summed E-state index contributed by atoms with van der Waals surface area (Å²) in [6.07, 6.45) is -1.37. The average molecular weight is 309 g/mol. The molecule has 0 atom stereocenters. The van der Waals surface area contributed by atoms with Gasteiger partial charge in [-0.05, 0) is 35.6 Å². The summed E-state index contributed by atoms with van der Waals surface area (Å²) in [6, 6.07) is 1.79. The maximum Gasteiger partial charge on any atom is 0.269 e. The van der Waals surface area contributed by atoms with Crippen LogP contribution in [-0.2, 0) is 0 Å². The lowest BCUT2D eigenvalue weighted by Crippen LogP contribution is -1.98. The molecule has 0 N–H and O–H groups in total. The van der Waals surface area contributed by atoms with Crippen molar-refractivity contribution >= 4 is 28.2 Å². The van der Waals surface area contributed by atoms with Crippen molar-refractivity contribution in [3.8, 4) is 0 Å². The predicted molar refractivity (Wildman–Crippen MR) is 55.4 cm³/mol. The van der Waals surface area contributed by atoms with E-state index in [2.05, 4.69) is 10.1 Å². The van der Waals surface area contributed by atoms with Crippen molar-refractivity contribution in [2.75, 3.05) is 0 Å². The van der Waals surface area contributed by atoms with Gasteiger partial charge in [-0.25, -0.2) is 18.3 Å². The number of nitrogens with zero attached hydrogens (tertiary/aromatic N) is 3. The Labute approximate surface area is 92.3 Å². The molecule has 2 aromatic rings. The van der Waals surface area contributed by atoms with Crippen LogP contribution in [0, 0.1) is 10.6 Å². The zero-order valence-electron chi connectivity index (χ0n) is 7.21. The van der Waals surface area contributed by atoms with Crippen molar-refractivity contribution in [3.63, 3.8) is 0 Å². The molecular weight excluding hydrogens is 303 g/mol. The van der Waals surface area contributed by atoms with Crippen LogP contribution in [0.5, 0.6) is 0 Å². The van der Waals surface area contributed by atoms with E-state index in [0.717, 1.165) is 11.9 Å². The van der Waals surface area contributed by atoms with Gasteiger partial charge >= 0.3 is 0 Å². The summed E-state index contributed by atoms with van der Waals surface area (Å²) in [5, 5.41) is 3.85. The first-order chi connectivity index (χ1) is 6.59. The van der Waals surface area contributed by atoms with Crippen LogP contribution in [0.1, 0.15) is 17.7 Å². The normalized spacial score (nSPS) is 11.5. The highest BCUT2D eigenvalue weighted by Crippen LogP contribution is 2.23. The molecule has 0 aliphatic carbocycles. The Morgan fingerprint density at radius 3 is 2.86 bits per heavy atom. The molecule has 0 saturated carbocycles. The molecule has 0 amide bonds. The Bertz CT molecular complexity index is 481. The van der Waals surface area contributed by atoms with Gasteiger partial charge in [0.1, 0.15) is 3.70 Å². The van der Waals surface area contributed by atoms with Gasteiger partial charge < -0.3 is 0 Å². The highest BCUT2D eigenvalue weighted by atomic mass is 127. The van der Waals surface area contributed by atoms with Gasteiger partial charge in [0.25, 0.3) is 6.43 Å². The minimum atomic E-state index is -2.53. The first-order valence-electron chi connectivity index (χ1n) is 3.88. The van der Waals surface area contributed by atoms with E-state index in [4.69, 9.17) is 0 Å². The molecule has 0 bridgehead atoms. The van der Waals surface area contributed by atoms with Crippen molar-refractivity contribution < 1.29 is 8.78 Å². The summed E-state index contributed by atoms with van der Waals surface area (Å²) in [5.41, 5.74) is 0.919. The number of hydrogen-bond donors (Lipinski definition) is 0. The zero-order chi connectivity index (χ0) is 10.3. The van der Waals surface area contributed by atoms with Gasteiger partial charge in [-0.15, -0.1) is 0 Å². The molecule has 0 aliphatic heterocycles. The van der Waals surface area contributed by atoms with Crippen LogP contribution in [0.3, 0.4) is 0 Å². The molecule has 14 heavy (non-hydrogen) atoms. The summed E-state index contributed by atoms with van der Waals surface area (Å²) in [6.45, 7) is 1.80. The molecule has 3 nitrogen and oxygen atoms in total. The molecular formula is C8H6F2IN3. The third-order valence-electron chi connectivity index (χ3n) is 1.88. The van der Waals surface area contributed by atoms with Crippen molar-refractivity contribution in [2.45, 2.75) is 13.3 Å².